The van der Waals surface area contributed by atoms with E-state index in [1.165, 1.54) is 30.3 Å². The lowest BCUT2D eigenvalue weighted by Gasteiger charge is -2.15. The Bertz CT molecular complexity index is 1350. The normalized spacial score (nSPS) is 12.8. The maximum atomic E-state index is 13.9. The first-order chi connectivity index (χ1) is 16.1. The van der Waals surface area contributed by atoms with E-state index < -0.39 is 30.3 Å². The average Bonchev–Trinajstić information content (AvgIpc) is 3.35. The molecule has 0 aliphatic rings. The number of aromatic amines is 1. The molecule has 8 nitrogen and oxygen atoms in total. The number of H-pyrrole nitrogens is 1. The molecule has 0 spiro atoms. The third kappa shape index (κ3) is 5.18. The van der Waals surface area contributed by atoms with Crippen molar-refractivity contribution in [2.75, 3.05) is 0 Å². The van der Waals surface area contributed by atoms with E-state index >= 15 is 0 Å². The van der Waals surface area contributed by atoms with Gasteiger partial charge in [0.2, 0.25) is 0 Å². The number of rotatable bonds is 7. The van der Waals surface area contributed by atoms with Gasteiger partial charge in [0.15, 0.2) is 17.8 Å². The van der Waals surface area contributed by atoms with Gasteiger partial charge in [-0.2, -0.15) is 13.2 Å². The lowest BCUT2D eigenvalue weighted by molar-refractivity contribution is -0.207. The van der Waals surface area contributed by atoms with Gasteiger partial charge in [0.1, 0.15) is 18.2 Å². The summed E-state index contributed by atoms with van der Waals surface area (Å²) >= 11 is 5.87. The molecule has 1 atom stereocenters. The van der Waals surface area contributed by atoms with Crippen LogP contribution in [0.15, 0.2) is 53.3 Å². The van der Waals surface area contributed by atoms with Crippen molar-refractivity contribution in [3.05, 3.63) is 87.1 Å². The van der Waals surface area contributed by atoms with Crippen LogP contribution in [0.3, 0.4) is 0 Å². The molecule has 0 bridgehead atoms. The first kappa shape index (κ1) is 23.6. The summed E-state index contributed by atoms with van der Waals surface area (Å²) < 4.78 is 54.4. The Morgan fingerprint density at radius 3 is 2.41 bits per heavy atom. The highest BCUT2D eigenvalue weighted by atomic mass is 35.5. The summed E-state index contributed by atoms with van der Waals surface area (Å²) in [5, 5.41) is 21.9. The van der Waals surface area contributed by atoms with Gasteiger partial charge in [-0.25, -0.2) is 13.9 Å². The van der Waals surface area contributed by atoms with E-state index in [9.17, 15) is 27.5 Å². The van der Waals surface area contributed by atoms with Crippen LogP contribution in [0.4, 0.5) is 17.6 Å². The van der Waals surface area contributed by atoms with Crippen LogP contribution < -0.4 is 5.69 Å². The molecule has 0 saturated heterocycles. The molecule has 1 unspecified atom stereocenters. The molecule has 2 aromatic heterocycles. The molecule has 4 rings (SSSR count). The molecule has 0 saturated carbocycles. The van der Waals surface area contributed by atoms with Gasteiger partial charge in [0.25, 0.3) is 0 Å². The second kappa shape index (κ2) is 9.39. The van der Waals surface area contributed by atoms with Crippen LogP contribution in [-0.2, 0) is 19.5 Å². The molecule has 2 N–H and O–H groups in total. The van der Waals surface area contributed by atoms with Gasteiger partial charge in [0.05, 0.1) is 6.54 Å². The highest BCUT2D eigenvalue weighted by Gasteiger charge is 2.39. The number of nitrogens with zero attached hydrogens (tertiary/aromatic N) is 5. The summed E-state index contributed by atoms with van der Waals surface area (Å²) in [4.78, 5) is 15.7. The fourth-order valence-corrected chi connectivity index (χ4v) is 3.38. The van der Waals surface area contributed by atoms with Crippen molar-refractivity contribution in [1.29, 1.82) is 0 Å². The van der Waals surface area contributed by atoms with Crippen molar-refractivity contribution in [2.24, 2.45) is 0 Å². The number of hydrogen-bond donors (Lipinski definition) is 2. The third-order valence-electron chi connectivity index (χ3n) is 4.95. The molecular weight excluding hydrogens is 480 g/mol. The average molecular weight is 497 g/mol. The van der Waals surface area contributed by atoms with Crippen molar-refractivity contribution < 1.29 is 22.7 Å². The molecule has 0 amide bonds. The third-order valence-corrected chi connectivity index (χ3v) is 5.21. The maximum absolute atomic E-state index is 13.9. The van der Waals surface area contributed by atoms with Crippen LogP contribution in [0.1, 0.15) is 17.2 Å². The van der Waals surface area contributed by atoms with E-state index in [0.717, 1.165) is 9.25 Å². The molecule has 0 fully saturated rings. The topological polar surface area (TPSA) is 102 Å². The number of benzene rings is 2. The molecule has 2 aromatic carbocycles. The smallest absolute Gasteiger partial charge is 0.382 e. The second-order valence-electron chi connectivity index (χ2n) is 7.43. The largest absolute Gasteiger partial charge is 0.416 e. The maximum Gasteiger partial charge on any atom is 0.416 e. The summed E-state index contributed by atoms with van der Waals surface area (Å²) in [5.41, 5.74) is -0.175. The Morgan fingerprint density at radius 2 is 1.74 bits per heavy atom. The first-order valence-corrected chi connectivity index (χ1v) is 10.3. The minimum absolute atomic E-state index is 0.0870. The summed E-state index contributed by atoms with van der Waals surface area (Å²) in [7, 11) is 0. The van der Waals surface area contributed by atoms with Crippen LogP contribution in [0, 0.1) is 5.82 Å². The van der Waals surface area contributed by atoms with E-state index in [2.05, 4.69) is 20.3 Å². The van der Waals surface area contributed by atoms with Crippen molar-refractivity contribution in [3.63, 3.8) is 0 Å². The lowest BCUT2D eigenvalue weighted by Crippen LogP contribution is -2.37. The van der Waals surface area contributed by atoms with Crippen molar-refractivity contribution in [2.45, 2.75) is 31.8 Å². The molecule has 34 heavy (non-hydrogen) atoms. The van der Waals surface area contributed by atoms with Gasteiger partial charge in [-0.1, -0.05) is 29.8 Å². The van der Waals surface area contributed by atoms with E-state index in [-0.39, 0.29) is 24.6 Å². The van der Waals surface area contributed by atoms with Gasteiger partial charge in [0, 0.05) is 17.0 Å². The summed E-state index contributed by atoms with van der Waals surface area (Å²) in [6.07, 6.45) is -7.58. The van der Waals surface area contributed by atoms with Crippen LogP contribution >= 0.6 is 11.6 Å². The number of aliphatic hydroxyl groups excluding tert-OH is 1. The van der Waals surface area contributed by atoms with Gasteiger partial charge in [-0.05, 0) is 35.9 Å². The van der Waals surface area contributed by atoms with Gasteiger partial charge >= 0.3 is 11.9 Å². The van der Waals surface area contributed by atoms with Crippen LogP contribution in [-0.4, -0.2) is 46.9 Å². The highest BCUT2D eigenvalue weighted by Crippen LogP contribution is 2.24. The predicted octanol–water partition coefficient (Wildman–Crippen LogP) is 3.18. The number of nitrogens with one attached hydrogen (secondary N) is 1. The standard InChI is InChI=1S/C21H17ClF4N6O2/c22-14-7-5-12(6-8-14)19-30-32(20(34)31(19)10-16(33)21(24,25)26)11-18-27-17(28-29-18)9-13-3-1-2-4-15(13)23/h1-8,16,33H,9-11H2,(H,27,28,29). The summed E-state index contributed by atoms with van der Waals surface area (Å²) in [6.45, 7) is -1.28. The fourth-order valence-electron chi connectivity index (χ4n) is 3.25. The minimum atomic E-state index is -4.93. The molecule has 178 valence electrons. The molecule has 0 aliphatic carbocycles. The zero-order valence-corrected chi connectivity index (χ0v) is 18.1. The number of aliphatic hydroxyl groups is 1. The zero-order valence-electron chi connectivity index (χ0n) is 17.3. The van der Waals surface area contributed by atoms with Crippen molar-refractivity contribution in [1.82, 2.24) is 29.5 Å². The Balaban J connectivity index is 1.64. The number of hydrogen-bond acceptors (Lipinski definition) is 5. The molecule has 0 radical (unpaired) electrons. The van der Waals surface area contributed by atoms with Crippen LogP contribution in [0.25, 0.3) is 11.4 Å². The Kier molecular flexibility index (Phi) is 6.53. The quantitative estimate of drug-likeness (QED) is 0.383. The molecule has 0 aliphatic heterocycles. The van der Waals surface area contributed by atoms with Gasteiger partial charge in [-0.3, -0.25) is 4.57 Å². The Morgan fingerprint density at radius 1 is 1.06 bits per heavy atom. The Labute approximate surface area is 194 Å². The molecule has 13 heteroatoms. The molecule has 4 aromatic rings. The van der Waals surface area contributed by atoms with Crippen molar-refractivity contribution in [3.8, 4) is 11.4 Å². The van der Waals surface area contributed by atoms with Crippen LogP contribution in [0.2, 0.25) is 5.02 Å². The predicted molar refractivity (Wildman–Crippen MR) is 114 cm³/mol. The van der Waals surface area contributed by atoms with E-state index in [4.69, 9.17) is 11.6 Å². The number of alkyl halides is 3. The van der Waals surface area contributed by atoms with Crippen LogP contribution in [0.5, 0.6) is 0 Å². The zero-order chi connectivity index (χ0) is 24.5. The second-order valence-corrected chi connectivity index (χ2v) is 7.86. The molecule has 2 heterocycles. The van der Waals surface area contributed by atoms with Crippen molar-refractivity contribution >= 4 is 11.6 Å². The first-order valence-electron chi connectivity index (χ1n) is 9.94. The lowest BCUT2D eigenvalue weighted by atomic mass is 10.1. The van der Waals surface area contributed by atoms with E-state index in [1.54, 1.807) is 18.2 Å². The Hall–Kier alpha value is -3.51. The highest BCUT2D eigenvalue weighted by molar-refractivity contribution is 6.30. The summed E-state index contributed by atoms with van der Waals surface area (Å²) in [5.74, 6) is 0.0254. The fraction of sp³-hybridized carbons (Fsp3) is 0.238. The van der Waals surface area contributed by atoms with Gasteiger partial charge < -0.3 is 10.1 Å². The number of halogens is 5. The monoisotopic (exact) mass is 496 g/mol. The van der Waals surface area contributed by atoms with Gasteiger partial charge in [-0.15, -0.1) is 15.3 Å². The number of aromatic nitrogens is 6. The SMILES string of the molecule is O=c1n(Cc2nnc(Cc3ccccc3F)[nH]2)nc(-c2ccc(Cl)cc2)n1CC(O)C(F)(F)F. The minimum Gasteiger partial charge on any atom is -0.382 e. The summed E-state index contributed by atoms with van der Waals surface area (Å²) in [6, 6.07) is 12.1. The van der Waals surface area contributed by atoms with E-state index in [1.807, 2.05) is 0 Å². The molecular formula is C21H17ClF4N6O2. The van der Waals surface area contributed by atoms with E-state index in [0.29, 0.717) is 22.0 Å².